The van der Waals surface area contributed by atoms with E-state index in [1.807, 2.05) is 24.3 Å². The molecule has 0 unspecified atom stereocenters. The van der Waals surface area contributed by atoms with Crippen LogP contribution in [-0.4, -0.2) is 111 Å². The first-order chi connectivity index (χ1) is 23.8. The lowest BCUT2D eigenvalue weighted by atomic mass is 10.1. The monoisotopic (exact) mass is 679 g/mol. The molecular weight excluding hydrogens is 626 g/mol. The van der Waals surface area contributed by atoms with Gasteiger partial charge < -0.3 is 24.8 Å². The Bertz CT molecular complexity index is 1410. The van der Waals surface area contributed by atoms with Gasteiger partial charge >= 0.3 is 17.9 Å². The highest BCUT2D eigenvalue weighted by atomic mass is 16.5. The summed E-state index contributed by atoms with van der Waals surface area (Å²) < 4.78 is 15.2. The first-order valence-electron chi connectivity index (χ1n) is 17.5. The van der Waals surface area contributed by atoms with Crippen LogP contribution in [0, 0.1) is 0 Å². The van der Waals surface area contributed by atoms with Gasteiger partial charge in [-0.25, -0.2) is 4.98 Å². The van der Waals surface area contributed by atoms with E-state index < -0.39 is 17.9 Å². The number of rotatable bonds is 24. The van der Waals surface area contributed by atoms with E-state index >= 15 is 0 Å². The highest BCUT2D eigenvalue weighted by Gasteiger charge is 2.20. The third-order valence-electron chi connectivity index (χ3n) is 7.89. The number of aromatic nitrogens is 1. The van der Waals surface area contributed by atoms with E-state index in [4.69, 9.17) is 19.2 Å². The van der Waals surface area contributed by atoms with E-state index in [9.17, 15) is 19.2 Å². The van der Waals surface area contributed by atoms with Gasteiger partial charge in [0.2, 0.25) is 5.91 Å². The number of para-hydroxylation sites is 2. The van der Waals surface area contributed by atoms with Crippen LogP contribution in [0.2, 0.25) is 0 Å². The molecule has 268 valence electrons. The molecule has 0 aliphatic rings. The maximum Gasteiger partial charge on any atom is 0.320 e. The predicted octanol–water partition coefficient (Wildman–Crippen LogP) is 4.55. The van der Waals surface area contributed by atoms with Gasteiger partial charge in [-0.2, -0.15) is 0 Å². The van der Waals surface area contributed by atoms with Gasteiger partial charge in [-0.05, 0) is 45.7 Å². The Morgan fingerprint density at radius 3 is 1.51 bits per heavy atom. The zero-order chi connectivity index (χ0) is 35.3. The van der Waals surface area contributed by atoms with Crippen molar-refractivity contribution in [3.05, 3.63) is 48.5 Å². The zero-order valence-electron chi connectivity index (χ0n) is 29.3. The van der Waals surface area contributed by atoms with Crippen molar-refractivity contribution in [1.82, 2.24) is 20.1 Å². The fourth-order valence-corrected chi connectivity index (χ4v) is 5.57. The molecule has 0 saturated heterocycles. The van der Waals surface area contributed by atoms with E-state index in [0.717, 1.165) is 72.6 Å². The summed E-state index contributed by atoms with van der Waals surface area (Å²) in [6, 6.07) is 16.5. The first kappa shape index (κ1) is 39.2. The van der Waals surface area contributed by atoms with Crippen LogP contribution < -0.4 is 10.6 Å². The van der Waals surface area contributed by atoms with Crippen LogP contribution in [0.3, 0.4) is 0 Å². The molecule has 1 aromatic heterocycles. The Kier molecular flexibility index (Phi) is 17.9. The number of benzene rings is 2. The number of carbonyl (C=O) groups is 4. The van der Waals surface area contributed by atoms with Crippen LogP contribution in [0.4, 0.5) is 5.69 Å². The zero-order valence-corrected chi connectivity index (χ0v) is 29.3. The standard InChI is InChI=1S/C37H53N5O7/c1-4-47-34(44)26-41(23-24-42(27-35(45)48-5-2)28-36(46)49-6-3)25-33(43)38-21-15-9-7-8-10-16-22-39-37-29-17-11-13-19-31(29)40-32-20-14-12-18-30(32)37/h11-14,17-20H,4-10,15-16,21-28H2,1-3H3,(H,38,43)(H,39,40). The fourth-order valence-electron chi connectivity index (χ4n) is 5.57. The number of pyridine rings is 1. The molecule has 3 aromatic rings. The minimum atomic E-state index is -0.467. The summed E-state index contributed by atoms with van der Waals surface area (Å²) in [6.45, 7) is 7.43. The molecule has 49 heavy (non-hydrogen) atoms. The van der Waals surface area contributed by atoms with Crippen LogP contribution in [0.15, 0.2) is 48.5 Å². The maximum atomic E-state index is 12.8. The lowest BCUT2D eigenvalue weighted by Gasteiger charge is -2.25. The second kappa shape index (κ2) is 22.4. The smallest absolute Gasteiger partial charge is 0.320 e. The molecule has 0 atom stereocenters. The van der Waals surface area contributed by atoms with Crippen molar-refractivity contribution in [2.75, 3.05) is 77.5 Å². The number of nitrogens with zero attached hydrogens (tertiary/aromatic N) is 3. The van der Waals surface area contributed by atoms with Gasteiger partial charge in [0.15, 0.2) is 0 Å². The predicted molar refractivity (Wildman–Crippen MR) is 191 cm³/mol. The molecule has 0 saturated carbocycles. The Balaban J connectivity index is 1.36. The van der Waals surface area contributed by atoms with Gasteiger partial charge in [0, 0.05) is 37.0 Å². The van der Waals surface area contributed by atoms with Crippen LogP contribution >= 0.6 is 0 Å². The van der Waals surface area contributed by atoms with Gasteiger partial charge in [0.1, 0.15) is 0 Å². The number of nitrogens with one attached hydrogen (secondary N) is 2. The molecule has 0 aliphatic carbocycles. The molecule has 1 heterocycles. The summed E-state index contributed by atoms with van der Waals surface area (Å²) in [7, 11) is 0. The lowest BCUT2D eigenvalue weighted by molar-refractivity contribution is -0.149. The normalized spacial score (nSPS) is 11.2. The Morgan fingerprint density at radius 2 is 1.02 bits per heavy atom. The first-order valence-corrected chi connectivity index (χ1v) is 17.5. The van der Waals surface area contributed by atoms with E-state index in [-0.39, 0.29) is 65.0 Å². The second-order valence-electron chi connectivity index (χ2n) is 11.8. The molecule has 2 N–H and O–H groups in total. The largest absolute Gasteiger partial charge is 0.465 e. The van der Waals surface area contributed by atoms with Crippen molar-refractivity contribution in [2.45, 2.75) is 59.3 Å². The molecule has 12 heteroatoms. The van der Waals surface area contributed by atoms with Crippen LogP contribution in [0.5, 0.6) is 0 Å². The van der Waals surface area contributed by atoms with Crippen molar-refractivity contribution in [1.29, 1.82) is 0 Å². The lowest BCUT2D eigenvalue weighted by Crippen LogP contribution is -2.46. The summed E-state index contributed by atoms with van der Waals surface area (Å²) in [5.74, 6) is -1.58. The van der Waals surface area contributed by atoms with Crippen molar-refractivity contribution in [3.8, 4) is 0 Å². The average Bonchev–Trinajstić information content (AvgIpc) is 3.07. The van der Waals surface area contributed by atoms with Crippen LogP contribution in [0.1, 0.15) is 59.3 Å². The molecule has 0 radical (unpaired) electrons. The summed E-state index contributed by atoms with van der Waals surface area (Å²) >= 11 is 0. The molecule has 0 bridgehead atoms. The number of hydrogen-bond acceptors (Lipinski definition) is 11. The summed E-state index contributed by atoms with van der Waals surface area (Å²) in [4.78, 5) is 57.3. The summed E-state index contributed by atoms with van der Waals surface area (Å²) in [5, 5.41) is 8.89. The summed E-state index contributed by atoms with van der Waals surface area (Å²) in [5.41, 5.74) is 3.13. The second-order valence-corrected chi connectivity index (χ2v) is 11.8. The van der Waals surface area contributed by atoms with Crippen LogP contribution in [0.25, 0.3) is 21.8 Å². The number of unbranched alkanes of at least 4 members (excludes halogenated alkanes) is 5. The number of fused-ring (bicyclic) bond motifs is 2. The molecule has 0 spiro atoms. The van der Waals surface area contributed by atoms with Crippen molar-refractivity contribution >= 4 is 51.3 Å². The van der Waals surface area contributed by atoms with Gasteiger partial charge in [-0.3, -0.25) is 29.0 Å². The van der Waals surface area contributed by atoms with E-state index in [1.165, 1.54) is 0 Å². The molecular formula is C37H53N5O7. The minimum absolute atomic E-state index is 0.0134. The van der Waals surface area contributed by atoms with E-state index in [2.05, 4.69) is 34.9 Å². The van der Waals surface area contributed by atoms with E-state index in [0.29, 0.717) is 6.54 Å². The molecule has 12 nitrogen and oxygen atoms in total. The Morgan fingerprint density at radius 1 is 0.592 bits per heavy atom. The third kappa shape index (κ3) is 14.4. The van der Waals surface area contributed by atoms with Gasteiger partial charge in [0.05, 0.1) is 62.7 Å². The van der Waals surface area contributed by atoms with Crippen molar-refractivity contribution in [2.24, 2.45) is 0 Å². The molecule has 3 rings (SSSR count). The van der Waals surface area contributed by atoms with E-state index in [1.54, 1.807) is 30.6 Å². The maximum absolute atomic E-state index is 12.8. The third-order valence-corrected chi connectivity index (χ3v) is 7.89. The number of anilines is 1. The summed E-state index contributed by atoms with van der Waals surface area (Å²) in [6.07, 6.45) is 6.26. The molecule has 1 amide bonds. The molecule has 2 aromatic carbocycles. The van der Waals surface area contributed by atoms with Crippen molar-refractivity contribution < 1.29 is 33.4 Å². The van der Waals surface area contributed by atoms with Gasteiger partial charge in [-0.15, -0.1) is 0 Å². The number of amides is 1. The fraction of sp³-hybridized carbons (Fsp3) is 0.541. The minimum Gasteiger partial charge on any atom is -0.465 e. The SMILES string of the molecule is CCOC(=O)CN(CCN(CC(=O)OCC)CC(=O)OCC)CC(=O)NCCCCCCCCNc1c2ccccc2nc2ccccc12. The van der Waals surface area contributed by atoms with Gasteiger partial charge in [-0.1, -0.05) is 62.1 Å². The van der Waals surface area contributed by atoms with Crippen molar-refractivity contribution in [3.63, 3.8) is 0 Å². The molecule has 0 aliphatic heterocycles. The number of carbonyl (C=O) groups excluding carboxylic acids is 4. The number of hydrogen-bond donors (Lipinski definition) is 2. The molecule has 0 fully saturated rings. The Hall–Kier alpha value is -4.29. The van der Waals surface area contributed by atoms with Gasteiger partial charge in [0.25, 0.3) is 0 Å². The average molecular weight is 680 g/mol. The number of ether oxygens (including phenoxy) is 3. The van der Waals surface area contributed by atoms with Crippen LogP contribution in [-0.2, 0) is 33.4 Å². The topological polar surface area (TPSA) is 139 Å². The number of esters is 3. The highest BCUT2D eigenvalue weighted by molar-refractivity contribution is 6.07. The highest BCUT2D eigenvalue weighted by Crippen LogP contribution is 2.30. The quantitative estimate of drug-likeness (QED) is 0.0597. The Labute approximate surface area is 289 Å².